The number of likely N-dealkylation sites (N-methyl/N-ethyl adjacent to an activating group) is 2. The average molecular weight is 363 g/mol. The van der Waals surface area contributed by atoms with Crippen molar-refractivity contribution in [2.45, 2.75) is 0 Å². The first kappa shape index (κ1) is 18.3. The van der Waals surface area contributed by atoms with E-state index in [0.717, 1.165) is 34.3 Å². The van der Waals surface area contributed by atoms with Gasteiger partial charge in [-0.2, -0.15) is 10.2 Å². The molecule has 0 heterocycles. The molecule has 0 amide bonds. The summed E-state index contributed by atoms with van der Waals surface area (Å²) in [6.07, 6.45) is 3.63. The summed E-state index contributed by atoms with van der Waals surface area (Å²) in [6.45, 7) is 1.52. The molecular formula is C18H20Cl2N4. The van der Waals surface area contributed by atoms with Crippen molar-refractivity contribution >= 4 is 35.6 Å². The first-order valence-electron chi connectivity index (χ1n) is 7.54. The maximum Gasteiger partial charge on any atom is 0.0549 e. The van der Waals surface area contributed by atoms with Crippen molar-refractivity contribution in [2.24, 2.45) is 10.2 Å². The molecule has 0 aliphatic carbocycles. The highest BCUT2D eigenvalue weighted by Crippen LogP contribution is 2.08. The molecule has 126 valence electrons. The molecule has 6 heteroatoms. The van der Waals surface area contributed by atoms with E-state index >= 15 is 0 Å². The van der Waals surface area contributed by atoms with E-state index in [1.54, 1.807) is 0 Å². The van der Waals surface area contributed by atoms with Gasteiger partial charge in [0, 0.05) is 24.1 Å². The summed E-state index contributed by atoms with van der Waals surface area (Å²) in [5.74, 6) is 0. The summed E-state index contributed by atoms with van der Waals surface area (Å²) in [5.41, 5.74) is 2.03. The zero-order valence-corrected chi connectivity index (χ0v) is 15.2. The lowest BCUT2D eigenvalue weighted by Gasteiger charge is -2.17. The minimum Gasteiger partial charge on any atom is -0.298 e. The molecule has 0 aliphatic heterocycles. The fourth-order valence-electron chi connectivity index (χ4n) is 1.83. The third-order valence-corrected chi connectivity index (χ3v) is 3.80. The lowest BCUT2D eigenvalue weighted by Crippen LogP contribution is -2.25. The first-order chi connectivity index (χ1) is 11.5. The molecule has 0 unspecified atom stereocenters. The van der Waals surface area contributed by atoms with E-state index in [4.69, 9.17) is 23.2 Å². The van der Waals surface area contributed by atoms with Gasteiger partial charge in [0.15, 0.2) is 0 Å². The molecule has 0 aliphatic rings. The van der Waals surface area contributed by atoms with Crippen LogP contribution in [-0.2, 0) is 0 Å². The number of benzene rings is 2. The molecule has 2 rings (SSSR count). The number of hydrazone groups is 2. The second-order valence-electron chi connectivity index (χ2n) is 5.35. The third-order valence-electron chi connectivity index (χ3n) is 3.30. The Bertz CT molecular complexity index is 620. The molecule has 0 aromatic heterocycles. The van der Waals surface area contributed by atoms with Crippen LogP contribution in [0.25, 0.3) is 0 Å². The molecule has 24 heavy (non-hydrogen) atoms. The predicted molar refractivity (Wildman–Crippen MR) is 103 cm³/mol. The molecule has 0 saturated carbocycles. The van der Waals surface area contributed by atoms with Crippen molar-refractivity contribution in [3.8, 4) is 0 Å². The summed E-state index contributed by atoms with van der Waals surface area (Å²) >= 11 is 11.7. The number of halogens is 2. The van der Waals surface area contributed by atoms with Gasteiger partial charge >= 0.3 is 0 Å². The zero-order chi connectivity index (χ0) is 17.4. The first-order valence-corrected chi connectivity index (χ1v) is 8.30. The van der Waals surface area contributed by atoms with Gasteiger partial charge in [0.1, 0.15) is 0 Å². The van der Waals surface area contributed by atoms with Crippen LogP contribution in [0, 0.1) is 0 Å². The minimum atomic E-state index is 0.723. The maximum atomic E-state index is 5.86. The maximum absolute atomic E-state index is 5.86. The lowest BCUT2D eigenvalue weighted by molar-refractivity contribution is 0.272. The van der Waals surface area contributed by atoms with Crippen LogP contribution >= 0.6 is 23.2 Å². The Labute approximate surface area is 153 Å². The highest BCUT2D eigenvalue weighted by molar-refractivity contribution is 6.30. The quantitative estimate of drug-likeness (QED) is 0.545. The van der Waals surface area contributed by atoms with E-state index in [-0.39, 0.29) is 0 Å². The summed E-state index contributed by atoms with van der Waals surface area (Å²) in [5, 5.41) is 14.0. The van der Waals surface area contributed by atoms with Gasteiger partial charge in [0.2, 0.25) is 0 Å². The van der Waals surface area contributed by atoms with Crippen LogP contribution in [0.4, 0.5) is 0 Å². The van der Waals surface area contributed by atoms with E-state index in [0.29, 0.717) is 0 Å². The second-order valence-corrected chi connectivity index (χ2v) is 6.23. The number of hydrogen-bond acceptors (Lipinski definition) is 4. The van der Waals surface area contributed by atoms with Gasteiger partial charge in [-0.15, -0.1) is 0 Å². The standard InChI is InChI=1S/C18H20Cl2N4/c1-23(21-13-15-3-7-17(19)8-4-15)11-12-24(2)22-14-16-5-9-18(20)10-6-16/h3-10,13-14H,11-12H2,1-2H3. The Morgan fingerprint density at radius 3 is 1.38 bits per heavy atom. The zero-order valence-electron chi connectivity index (χ0n) is 13.7. The smallest absolute Gasteiger partial charge is 0.0549 e. The van der Waals surface area contributed by atoms with E-state index in [9.17, 15) is 0 Å². The molecule has 0 radical (unpaired) electrons. The van der Waals surface area contributed by atoms with Gasteiger partial charge in [-0.05, 0) is 35.4 Å². The van der Waals surface area contributed by atoms with Crippen LogP contribution in [0.1, 0.15) is 11.1 Å². The largest absolute Gasteiger partial charge is 0.298 e. The van der Waals surface area contributed by atoms with Crippen molar-refractivity contribution in [1.82, 2.24) is 10.0 Å². The van der Waals surface area contributed by atoms with Crippen LogP contribution in [-0.4, -0.2) is 49.6 Å². The Morgan fingerprint density at radius 1 is 0.708 bits per heavy atom. The summed E-state index contributed by atoms with van der Waals surface area (Å²) in [4.78, 5) is 0. The monoisotopic (exact) mass is 362 g/mol. The fourth-order valence-corrected chi connectivity index (χ4v) is 2.09. The predicted octanol–water partition coefficient (Wildman–Crippen LogP) is 4.23. The minimum absolute atomic E-state index is 0.723. The molecule has 0 bridgehead atoms. The Hall–Kier alpha value is -2.04. The van der Waals surface area contributed by atoms with Crippen LogP contribution in [0.2, 0.25) is 10.0 Å². The molecule has 0 fully saturated rings. The Balaban J connectivity index is 1.77. The van der Waals surface area contributed by atoms with Gasteiger partial charge in [0.25, 0.3) is 0 Å². The van der Waals surface area contributed by atoms with Gasteiger partial charge < -0.3 is 0 Å². The summed E-state index contributed by atoms with van der Waals surface area (Å²) in [6, 6.07) is 15.1. The van der Waals surface area contributed by atoms with Gasteiger partial charge in [0.05, 0.1) is 25.5 Å². The van der Waals surface area contributed by atoms with E-state index < -0.39 is 0 Å². The molecule has 0 N–H and O–H groups in total. The molecular weight excluding hydrogens is 343 g/mol. The van der Waals surface area contributed by atoms with Crippen molar-refractivity contribution in [1.29, 1.82) is 0 Å². The Morgan fingerprint density at radius 2 is 1.04 bits per heavy atom. The third kappa shape index (κ3) is 6.60. The van der Waals surface area contributed by atoms with Crippen molar-refractivity contribution in [2.75, 3.05) is 27.2 Å². The van der Waals surface area contributed by atoms with Crippen molar-refractivity contribution < 1.29 is 0 Å². The van der Waals surface area contributed by atoms with E-state index in [2.05, 4.69) is 10.2 Å². The SMILES string of the molecule is CN(CCN(C)N=Cc1ccc(Cl)cc1)N=Cc1ccc(Cl)cc1. The summed E-state index contributed by atoms with van der Waals surface area (Å²) < 4.78 is 0. The van der Waals surface area contributed by atoms with E-state index in [1.165, 1.54) is 0 Å². The average Bonchev–Trinajstić information content (AvgIpc) is 2.59. The number of rotatable bonds is 7. The van der Waals surface area contributed by atoms with Crippen LogP contribution in [0.5, 0.6) is 0 Å². The van der Waals surface area contributed by atoms with Crippen LogP contribution in [0.3, 0.4) is 0 Å². The molecule has 2 aromatic carbocycles. The summed E-state index contributed by atoms with van der Waals surface area (Å²) in [7, 11) is 3.87. The Kier molecular flexibility index (Phi) is 7.09. The fraction of sp³-hybridized carbons (Fsp3) is 0.222. The highest BCUT2D eigenvalue weighted by atomic mass is 35.5. The van der Waals surface area contributed by atoms with Gasteiger partial charge in [-0.3, -0.25) is 10.0 Å². The topological polar surface area (TPSA) is 31.2 Å². The molecule has 4 nitrogen and oxygen atoms in total. The van der Waals surface area contributed by atoms with E-state index in [1.807, 2.05) is 85.1 Å². The van der Waals surface area contributed by atoms with Crippen molar-refractivity contribution in [3.63, 3.8) is 0 Å². The lowest BCUT2D eigenvalue weighted by atomic mass is 10.2. The van der Waals surface area contributed by atoms with Gasteiger partial charge in [-0.1, -0.05) is 47.5 Å². The number of nitrogens with zero attached hydrogens (tertiary/aromatic N) is 4. The van der Waals surface area contributed by atoms with Crippen molar-refractivity contribution in [3.05, 3.63) is 69.7 Å². The molecule has 0 atom stereocenters. The van der Waals surface area contributed by atoms with Gasteiger partial charge in [-0.25, -0.2) is 0 Å². The molecule has 2 aromatic rings. The molecule has 0 spiro atoms. The second kappa shape index (κ2) is 9.30. The van der Waals surface area contributed by atoms with Crippen LogP contribution in [0.15, 0.2) is 58.7 Å². The normalized spacial score (nSPS) is 11.3. The highest BCUT2D eigenvalue weighted by Gasteiger charge is 1.97. The molecule has 0 saturated heterocycles. The van der Waals surface area contributed by atoms with Crippen LogP contribution < -0.4 is 0 Å². The number of hydrogen-bond donors (Lipinski definition) is 0.